The predicted molar refractivity (Wildman–Crippen MR) is 106 cm³/mol. The molecule has 142 valence electrons. The van der Waals surface area contributed by atoms with Gasteiger partial charge in [-0.25, -0.2) is 0 Å². The second kappa shape index (κ2) is 10.9. The smallest absolute Gasteiger partial charge is 0.255 e. The van der Waals surface area contributed by atoms with E-state index in [9.17, 15) is 4.79 Å². The van der Waals surface area contributed by atoms with Crippen LogP contribution in [0, 0.1) is 6.92 Å². The van der Waals surface area contributed by atoms with Crippen molar-refractivity contribution in [1.29, 1.82) is 0 Å². The Kier molecular flexibility index (Phi) is 9.27. The molecule has 3 N–H and O–H groups in total. The molecular formula is C19H24Cl2N2O3. The Balaban J connectivity index is 0.00000338. The van der Waals surface area contributed by atoms with Crippen LogP contribution in [0.1, 0.15) is 23.6 Å². The van der Waals surface area contributed by atoms with Crippen molar-refractivity contribution >= 4 is 29.9 Å². The molecule has 0 atom stereocenters. The molecule has 0 aliphatic rings. The Morgan fingerprint density at radius 3 is 2.38 bits per heavy atom. The zero-order chi connectivity index (χ0) is 18.2. The zero-order valence-electron chi connectivity index (χ0n) is 14.9. The lowest BCUT2D eigenvalue weighted by Crippen LogP contribution is -2.20. The number of nitrogens with two attached hydrogens (primary N) is 1. The summed E-state index contributed by atoms with van der Waals surface area (Å²) in [5.41, 5.74) is 8.53. The number of ether oxygens (including phenoxy) is 2. The van der Waals surface area contributed by atoms with E-state index in [2.05, 4.69) is 36.5 Å². The fourth-order valence-corrected chi connectivity index (χ4v) is 2.61. The molecule has 5 nitrogen and oxygen atoms in total. The molecule has 0 aliphatic carbocycles. The van der Waals surface area contributed by atoms with Gasteiger partial charge in [-0.2, -0.15) is 0 Å². The third-order valence-corrected chi connectivity index (χ3v) is 3.79. The highest BCUT2D eigenvalue weighted by Crippen LogP contribution is 2.36. The number of amides is 1. The number of primary amides is 1. The number of benzene rings is 2. The Labute approximate surface area is 165 Å². The highest BCUT2D eigenvalue weighted by Gasteiger charge is 2.13. The van der Waals surface area contributed by atoms with Gasteiger partial charge in [-0.1, -0.05) is 41.4 Å². The highest BCUT2D eigenvalue weighted by atomic mass is 35.5. The third-order valence-electron chi connectivity index (χ3n) is 3.51. The Bertz CT molecular complexity index is 721. The number of aryl methyl sites for hydroxylation is 1. The zero-order valence-corrected chi connectivity index (χ0v) is 16.5. The number of carbonyl (C=O) groups is 1. The van der Waals surface area contributed by atoms with Gasteiger partial charge in [-0.15, -0.1) is 12.4 Å². The Hall–Kier alpha value is -1.95. The van der Waals surface area contributed by atoms with Crippen LogP contribution in [0.15, 0.2) is 36.4 Å². The molecule has 0 aromatic heterocycles. The van der Waals surface area contributed by atoms with E-state index in [4.69, 9.17) is 26.8 Å². The molecule has 0 fully saturated rings. The van der Waals surface area contributed by atoms with E-state index >= 15 is 0 Å². The van der Waals surface area contributed by atoms with Crippen LogP contribution in [0.25, 0.3) is 0 Å². The first-order chi connectivity index (χ1) is 12.0. The van der Waals surface area contributed by atoms with Crippen molar-refractivity contribution in [2.75, 3.05) is 13.2 Å². The fraction of sp³-hybridized carbons (Fsp3) is 0.316. The first-order valence-electron chi connectivity index (χ1n) is 8.12. The molecule has 2 aromatic carbocycles. The van der Waals surface area contributed by atoms with Crippen molar-refractivity contribution in [2.24, 2.45) is 5.73 Å². The third kappa shape index (κ3) is 6.75. The topological polar surface area (TPSA) is 73.6 Å². The summed E-state index contributed by atoms with van der Waals surface area (Å²) in [7, 11) is 0. The van der Waals surface area contributed by atoms with Crippen LogP contribution < -0.4 is 20.5 Å². The molecule has 0 bridgehead atoms. The molecule has 0 spiro atoms. The largest absolute Gasteiger partial charge is 0.490 e. The molecule has 1 amide bonds. The van der Waals surface area contributed by atoms with E-state index in [-0.39, 0.29) is 19.0 Å². The van der Waals surface area contributed by atoms with Crippen molar-refractivity contribution < 1.29 is 14.3 Å². The van der Waals surface area contributed by atoms with Gasteiger partial charge in [0.15, 0.2) is 18.1 Å². The second-order valence-electron chi connectivity index (χ2n) is 5.68. The number of nitrogens with one attached hydrogen (secondary N) is 1. The van der Waals surface area contributed by atoms with Crippen molar-refractivity contribution in [1.82, 2.24) is 5.32 Å². The summed E-state index contributed by atoms with van der Waals surface area (Å²) in [5, 5.41) is 3.76. The standard InChI is InChI=1S/C19H23ClN2O3.ClH/c1-3-24-17-9-15(8-16(20)19(17)25-12-18(21)23)11-22-10-14-6-4-13(2)5-7-14;/h4-9,22H,3,10-12H2,1-2H3,(H2,21,23);1H. The Morgan fingerprint density at radius 1 is 1.12 bits per heavy atom. The molecule has 0 heterocycles. The molecule has 26 heavy (non-hydrogen) atoms. The van der Waals surface area contributed by atoms with E-state index in [0.29, 0.717) is 29.7 Å². The maximum atomic E-state index is 10.9. The molecule has 7 heteroatoms. The summed E-state index contributed by atoms with van der Waals surface area (Å²) in [6.45, 7) is 5.53. The van der Waals surface area contributed by atoms with Gasteiger partial charge in [0.2, 0.25) is 0 Å². The lowest BCUT2D eigenvalue weighted by atomic mass is 10.1. The molecule has 0 saturated heterocycles. The van der Waals surface area contributed by atoms with E-state index in [1.807, 2.05) is 13.0 Å². The van der Waals surface area contributed by atoms with Gasteiger partial charge in [0.05, 0.1) is 11.6 Å². The molecular weight excluding hydrogens is 375 g/mol. The average Bonchev–Trinajstić information content (AvgIpc) is 2.56. The van der Waals surface area contributed by atoms with Gasteiger partial charge in [0.1, 0.15) is 0 Å². The average molecular weight is 399 g/mol. The van der Waals surface area contributed by atoms with Crippen LogP contribution in [0.5, 0.6) is 11.5 Å². The maximum absolute atomic E-state index is 10.9. The normalized spacial score (nSPS) is 10.1. The lowest BCUT2D eigenvalue weighted by Gasteiger charge is -2.15. The minimum atomic E-state index is -0.567. The van der Waals surface area contributed by atoms with Gasteiger partial charge >= 0.3 is 0 Å². The number of halogens is 2. The fourth-order valence-electron chi connectivity index (χ4n) is 2.33. The SMILES string of the molecule is CCOc1cc(CNCc2ccc(C)cc2)cc(Cl)c1OCC(N)=O.Cl. The highest BCUT2D eigenvalue weighted by molar-refractivity contribution is 6.32. The summed E-state index contributed by atoms with van der Waals surface area (Å²) in [5.74, 6) is 0.273. The van der Waals surface area contributed by atoms with Crippen molar-refractivity contribution in [3.63, 3.8) is 0 Å². The van der Waals surface area contributed by atoms with Gasteiger partial charge in [-0.05, 0) is 37.1 Å². The number of carbonyl (C=O) groups excluding carboxylic acids is 1. The van der Waals surface area contributed by atoms with E-state index < -0.39 is 5.91 Å². The summed E-state index contributed by atoms with van der Waals surface area (Å²) >= 11 is 6.28. The summed E-state index contributed by atoms with van der Waals surface area (Å²) in [4.78, 5) is 10.9. The van der Waals surface area contributed by atoms with Gasteiger partial charge in [-0.3, -0.25) is 4.79 Å². The first kappa shape index (κ1) is 22.1. The van der Waals surface area contributed by atoms with Crippen LogP contribution >= 0.6 is 24.0 Å². The van der Waals surface area contributed by atoms with Crippen molar-refractivity contribution in [3.05, 3.63) is 58.1 Å². The van der Waals surface area contributed by atoms with Gasteiger partial charge in [0.25, 0.3) is 5.91 Å². The number of rotatable bonds is 9. The quantitative estimate of drug-likeness (QED) is 0.676. The summed E-state index contributed by atoms with van der Waals surface area (Å²) < 4.78 is 10.9. The minimum Gasteiger partial charge on any atom is -0.490 e. The van der Waals surface area contributed by atoms with E-state index in [1.165, 1.54) is 11.1 Å². The van der Waals surface area contributed by atoms with Gasteiger partial charge in [0, 0.05) is 13.1 Å². The molecule has 0 radical (unpaired) electrons. The Morgan fingerprint density at radius 2 is 1.77 bits per heavy atom. The minimum absolute atomic E-state index is 0. The molecule has 0 aliphatic heterocycles. The molecule has 2 aromatic rings. The van der Waals surface area contributed by atoms with Gasteiger partial charge < -0.3 is 20.5 Å². The molecule has 0 unspecified atom stereocenters. The predicted octanol–water partition coefficient (Wildman–Crippen LogP) is 3.62. The monoisotopic (exact) mass is 398 g/mol. The van der Waals surface area contributed by atoms with Crippen LogP contribution in [0.2, 0.25) is 5.02 Å². The van der Waals surface area contributed by atoms with Crippen LogP contribution in [0.4, 0.5) is 0 Å². The first-order valence-corrected chi connectivity index (χ1v) is 8.50. The van der Waals surface area contributed by atoms with Crippen molar-refractivity contribution in [3.8, 4) is 11.5 Å². The van der Waals surface area contributed by atoms with Crippen molar-refractivity contribution in [2.45, 2.75) is 26.9 Å². The number of hydrogen-bond donors (Lipinski definition) is 2. The molecule has 0 saturated carbocycles. The summed E-state index contributed by atoms with van der Waals surface area (Å²) in [6, 6.07) is 12.0. The lowest BCUT2D eigenvalue weighted by molar-refractivity contribution is -0.119. The second-order valence-corrected chi connectivity index (χ2v) is 6.09. The summed E-state index contributed by atoms with van der Waals surface area (Å²) in [6.07, 6.45) is 0. The maximum Gasteiger partial charge on any atom is 0.255 e. The van der Waals surface area contributed by atoms with E-state index in [0.717, 1.165) is 12.1 Å². The van der Waals surface area contributed by atoms with Crippen LogP contribution in [-0.4, -0.2) is 19.1 Å². The molecule has 2 rings (SSSR count). The number of hydrogen-bond acceptors (Lipinski definition) is 4. The van der Waals surface area contributed by atoms with Crippen LogP contribution in [-0.2, 0) is 17.9 Å². The van der Waals surface area contributed by atoms with Crippen LogP contribution in [0.3, 0.4) is 0 Å². The van der Waals surface area contributed by atoms with E-state index in [1.54, 1.807) is 6.07 Å².